The number of thiazole rings is 1. The second kappa shape index (κ2) is 10.2. The highest BCUT2D eigenvalue weighted by Crippen LogP contribution is 2.30. The third-order valence-corrected chi connectivity index (χ3v) is 7.05. The molecule has 0 radical (unpaired) electrons. The molecule has 0 aromatic carbocycles. The van der Waals surface area contributed by atoms with Gasteiger partial charge in [0.25, 0.3) is 5.56 Å². The molecule has 0 aliphatic carbocycles. The number of anilines is 1. The summed E-state index contributed by atoms with van der Waals surface area (Å²) in [5.74, 6) is -2.88. The lowest BCUT2D eigenvalue weighted by molar-refractivity contribution is -0.304. The molecule has 192 valence electrons. The van der Waals surface area contributed by atoms with E-state index >= 15 is 0 Å². The highest BCUT2D eigenvalue weighted by Gasteiger charge is 2.33. The summed E-state index contributed by atoms with van der Waals surface area (Å²) in [6.07, 6.45) is -3.87. The topological polar surface area (TPSA) is 95.2 Å². The fourth-order valence-corrected chi connectivity index (χ4v) is 5.18. The number of halogens is 4. The van der Waals surface area contributed by atoms with E-state index in [0.717, 1.165) is 22.0 Å². The quantitative estimate of drug-likeness (QED) is 0.268. The first-order chi connectivity index (χ1) is 16.7. The van der Waals surface area contributed by atoms with Crippen LogP contribution in [-0.4, -0.2) is 26.4 Å². The van der Waals surface area contributed by atoms with Crippen LogP contribution in [0.3, 0.4) is 0 Å². The van der Waals surface area contributed by atoms with Crippen LogP contribution in [0.25, 0.3) is 15.8 Å². The average Bonchev–Trinajstić information content (AvgIpc) is 3.39. The number of hydrogen-bond acceptors (Lipinski definition) is 7. The molecule has 0 aliphatic heterocycles. The van der Waals surface area contributed by atoms with Crippen molar-refractivity contribution in [2.45, 2.75) is 26.6 Å². The second-order valence-corrected chi connectivity index (χ2v) is 9.64. The van der Waals surface area contributed by atoms with Gasteiger partial charge in [0.15, 0.2) is 16.7 Å². The number of carbonyl (C=O) groups excluding carboxylic acids is 1. The number of aryl methyl sites for hydroxylation is 2. The number of carbonyl (C=O) groups is 1. The molecule has 3 aromatic heterocycles. The maximum Gasteiger partial charge on any atom is 0.573 e. The van der Waals surface area contributed by atoms with Crippen LogP contribution in [0.15, 0.2) is 45.3 Å². The standard InChI is InChI=1S/C22H20F4N4O4S2/c1-6-13(23)15(34-22(24,25)26)7-10(2)14-9-35-20(27-14)28-16(31)8-12-11(3)36-19-17(12)18(32)29(4)21(33)30(19)5/h6-7,9H,1,8H2,2-5H3,(H,27,28,31)/b10-7+,15-13-. The molecule has 3 rings (SSSR count). The SMILES string of the molecule is C=C/C(F)=C(\C=C(/C)c1csc(NC(=O)Cc2c(C)sc3c2c(=O)n(C)c(=O)n3C)n1)OC(F)(F)F. The van der Waals surface area contributed by atoms with Crippen molar-refractivity contribution in [3.05, 3.63) is 72.7 Å². The maximum absolute atomic E-state index is 13.8. The first kappa shape index (κ1) is 27.1. The summed E-state index contributed by atoms with van der Waals surface area (Å²) in [5, 5.41) is 4.48. The van der Waals surface area contributed by atoms with Gasteiger partial charge in [-0.3, -0.25) is 18.7 Å². The van der Waals surface area contributed by atoms with Gasteiger partial charge in [0, 0.05) is 24.4 Å². The summed E-state index contributed by atoms with van der Waals surface area (Å²) in [6, 6.07) is 0. The van der Waals surface area contributed by atoms with Gasteiger partial charge in [-0.2, -0.15) is 0 Å². The molecule has 3 heterocycles. The van der Waals surface area contributed by atoms with Gasteiger partial charge in [-0.25, -0.2) is 14.2 Å². The Morgan fingerprint density at radius 3 is 2.56 bits per heavy atom. The van der Waals surface area contributed by atoms with Crippen molar-refractivity contribution in [1.29, 1.82) is 0 Å². The summed E-state index contributed by atoms with van der Waals surface area (Å²) in [5.41, 5.74) is -0.163. The number of nitrogens with one attached hydrogen (secondary N) is 1. The average molecular weight is 545 g/mol. The Bertz CT molecular complexity index is 1540. The Kier molecular flexibility index (Phi) is 7.69. The molecule has 36 heavy (non-hydrogen) atoms. The van der Waals surface area contributed by atoms with Gasteiger partial charge < -0.3 is 10.1 Å². The molecule has 1 amide bonds. The predicted octanol–water partition coefficient (Wildman–Crippen LogP) is 4.55. The van der Waals surface area contributed by atoms with E-state index in [1.165, 1.54) is 42.3 Å². The number of hydrogen-bond donors (Lipinski definition) is 1. The lowest BCUT2D eigenvalue weighted by Gasteiger charge is -2.10. The Morgan fingerprint density at radius 2 is 1.94 bits per heavy atom. The van der Waals surface area contributed by atoms with Crippen molar-refractivity contribution < 1.29 is 27.1 Å². The van der Waals surface area contributed by atoms with Gasteiger partial charge in [-0.05, 0) is 37.1 Å². The molecule has 0 atom stereocenters. The predicted molar refractivity (Wildman–Crippen MR) is 131 cm³/mol. The van der Waals surface area contributed by atoms with Crippen molar-refractivity contribution >= 4 is 49.5 Å². The van der Waals surface area contributed by atoms with E-state index in [-0.39, 0.29) is 28.2 Å². The number of nitrogens with zero attached hydrogens (tertiary/aromatic N) is 3. The van der Waals surface area contributed by atoms with Crippen LogP contribution >= 0.6 is 22.7 Å². The number of allylic oxidation sites excluding steroid dienone is 4. The molecule has 0 saturated carbocycles. The fourth-order valence-electron chi connectivity index (χ4n) is 3.28. The van der Waals surface area contributed by atoms with Crippen LogP contribution in [0.5, 0.6) is 0 Å². The van der Waals surface area contributed by atoms with E-state index in [0.29, 0.717) is 21.3 Å². The molecule has 0 spiro atoms. The van der Waals surface area contributed by atoms with E-state index in [1.54, 1.807) is 6.92 Å². The van der Waals surface area contributed by atoms with Crippen LogP contribution in [0.4, 0.5) is 22.7 Å². The molecule has 1 N–H and O–H groups in total. The molecular weight excluding hydrogens is 524 g/mol. The zero-order chi connectivity index (χ0) is 26.9. The molecule has 0 saturated heterocycles. The Labute approximate surface area is 209 Å². The van der Waals surface area contributed by atoms with Gasteiger partial charge in [-0.1, -0.05) is 6.58 Å². The summed E-state index contributed by atoms with van der Waals surface area (Å²) in [4.78, 5) is 42.9. The van der Waals surface area contributed by atoms with Crippen molar-refractivity contribution in [2.75, 3.05) is 5.32 Å². The van der Waals surface area contributed by atoms with Gasteiger partial charge >= 0.3 is 12.1 Å². The Morgan fingerprint density at radius 1 is 1.28 bits per heavy atom. The van der Waals surface area contributed by atoms with Crippen molar-refractivity contribution in [3.63, 3.8) is 0 Å². The summed E-state index contributed by atoms with van der Waals surface area (Å²) >= 11 is 2.23. The van der Waals surface area contributed by atoms with Crippen LogP contribution < -0.4 is 16.6 Å². The van der Waals surface area contributed by atoms with E-state index in [2.05, 4.69) is 21.6 Å². The third-order valence-electron chi connectivity index (χ3n) is 5.07. The highest BCUT2D eigenvalue weighted by molar-refractivity contribution is 7.18. The first-order valence-electron chi connectivity index (χ1n) is 10.1. The zero-order valence-electron chi connectivity index (χ0n) is 19.4. The molecule has 0 unspecified atom stereocenters. The van der Waals surface area contributed by atoms with Crippen LogP contribution in [0.1, 0.15) is 23.1 Å². The van der Waals surface area contributed by atoms with Crippen molar-refractivity contribution in [1.82, 2.24) is 14.1 Å². The minimum absolute atomic E-state index is 0.145. The second-order valence-electron chi connectivity index (χ2n) is 7.58. The smallest absolute Gasteiger partial charge is 0.403 e. The third kappa shape index (κ3) is 5.65. The number of ether oxygens (including phenoxy) is 1. The van der Waals surface area contributed by atoms with Crippen molar-refractivity contribution in [3.8, 4) is 0 Å². The minimum Gasteiger partial charge on any atom is -0.403 e. The zero-order valence-corrected chi connectivity index (χ0v) is 21.1. The number of fused-ring (bicyclic) bond motifs is 1. The molecule has 8 nitrogen and oxygen atoms in total. The maximum atomic E-state index is 13.8. The van der Waals surface area contributed by atoms with Crippen LogP contribution in [0, 0.1) is 6.92 Å². The minimum atomic E-state index is -5.11. The number of rotatable bonds is 7. The van der Waals surface area contributed by atoms with Gasteiger partial charge in [0.05, 0.1) is 17.5 Å². The number of aromatic nitrogens is 3. The molecular formula is C22H20F4N4O4S2. The lowest BCUT2D eigenvalue weighted by atomic mass is 10.1. The normalized spacial score (nSPS) is 13.1. The van der Waals surface area contributed by atoms with Gasteiger partial charge in [0.2, 0.25) is 5.91 Å². The van der Waals surface area contributed by atoms with E-state index < -0.39 is 35.1 Å². The first-order valence-corrected chi connectivity index (χ1v) is 11.8. The molecule has 3 aromatic rings. The molecule has 0 aliphatic rings. The van der Waals surface area contributed by atoms with Crippen LogP contribution in [0.2, 0.25) is 0 Å². The van der Waals surface area contributed by atoms with E-state index in [4.69, 9.17) is 0 Å². The number of thiophene rings is 1. The fraction of sp³-hybridized carbons (Fsp3) is 0.273. The molecule has 0 bridgehead atoms. The van der Waals surface area contributed by atoms with Gasteiger partial charge in [-0.15, -0.1) is 35.8 Å². The van der Waals surface area contributed by atoms with Crippen LogP contribution in [-0.2, 0) is 30.0 Å². The summed E-state index contributed by atoms with van der Waals surface area (Å²) < 4.78 is 57.6. The highest BCUT2D eigenvalue weighted by atomic mass is 32.1. The van der Waals surface area contributed by atoms with E-state index in [9.17, 15) is 31.9 Å². The monoisotopic (exact) mass is 544 g/mol. The largest absolute Gasteiger partial charge is 0.573 e. The number of amides is 1. The Balaban J connectivity index is 1.84. The van der Waals surface area contributed by atoms with E-state index in [1.807, 2.05) is 0 Å². The molecule has 14 heteroatoms. The summed E-state index contributed by atoms with van der Waals surface area (Å²) in [7, 11) is 2.90. The lowest BCUT2D eigenvalue weighted by Crippen LogP contribution is -2.36. The van der Waals surface area contributed by atoms with Gasteiger partial charge in [0.1, 0.15) is 4.83 Å². The van der Waals surface area contributed by atoms with Crippen molar-refractivity contribution in [2.24, 2.45) is 14.1 Å². The Hall–Kier alpha value is -3.52. The summed E-state index contributed by atoms with van der Waals surface area (Å²) in [6.45, 7) is 6.24. The molecule has 0 fully saturated rings. The number of alkyl halides is 3.